The zero-order valence-corrected chi connectivity index (χ0v) is 16.6. The van der Waals surface area contributed by atoms with Gasteiger partial charge in [-0.2, -0.15) is 0 Å². The third-order valence-electron chi connectivity index (χ3n) is 5.43. The second kappa shape index (κ2) is 8.23. The Balaban J connectivity index is 1.30. The SMILES string of the molecule is Cc1ccc2c(c1)CN(CCNC(=O)C1COc3ccccc3C1)CC(C)O2. The van der Waals surface area contributed by atoms with Gasteiger partial charge >= 0.3 is 0 Å². The van der Waals surface area contributed by atoms with Gasteiger partial charge in [0.1, 0.15) is 24.2 Å². The number of hydrogen-bond acceptors (Lipinski definition) is 4. The summed E-state index contributed by atoms with van der Waals surface area (Å²) in [4.78, 5) is 14.9. The molecule has 2 aromatic carbocycles. The number of fused-ring (bicyclic) bond motifs is 2. The Morgan fingerprint density at radius 3 is 2.93 bits per heavy atom. The standard InChI is InChI=1S/C23H28N2O3/c1-16-7-8-22-19(11-16)14-25(13-17(2)28-22)10-9-24-23(26)20-12-18-5-3-4-6-21(18)27-15-20/h3-8,11,17,20H,9-10,12-15H2,1-2H3,(H,24,26). The average Bonchev–Trinajstić information content (AvgIpc) is 2.84. The van der Waals surface area contributed by atoms with Crippen molar-refractivity contribution in [3.8, 4) is 11.5 Å². The maximum atomic E-state index is 12.6. The summed E-state index contributed by atoms with van der Waals surface area (Å²) in [5.74, 6) is 1.83. The van der Waals surface area contributed by atoms with E-state index in [1.807, 2.05) is 24.3 Å². The lowest BCUT2D eigenvalue weighted by molar-refractivity contribution is -0.126. The van der Waals surface area contributed by atoms with Crippen LogP contribution in [0, 0.1) is 12.8 Å². The number of para-hydroxylation sites is 1. The maximum absolute atomic E-state index is 12.6. The molecule has 2 aromatic rings. The molecule has 0 bridgehead atoms. The molecule has 0 radical (unpaired) electrons. The van der Waals surface area contributed by atoms with E-state index < -0.39 is 0 Å². The minimum absolute atomic E-state index is 0.0740. The minimum atomic E-state index is -0.121. The molecule has 2 unspecified atom stereocenters. The summed E-state index contributed by atoms with van der Waals surface area (Å²) < 4.78 is 11.8. The second-order valence-corrected chi connectivity index (χ2v) is 7.89. The average molecular weight is 380 g/mol. The molecule has 4 rings (SSSR count). The molecule has 148 valence electrons. The number of hydrogen-bond donors (Lipinski definition) is 1. The highest BCUT2D eigenvalue weighted by molar-refractivity contribution is 5.79. The van der Waals surface area contributed by atoms with Gasteiger partial charge in [0.05, 0.1) is 5.92 Å². The van der Waals surface area contributed by atoms with Gasteiger partial charge in [-0.05, 0) is 38.0 Å². The van der Waals surface area contributed by atoms with Crippen molar-refractivity contribution < 1.29 is 14.3 Å². The number of nitrogens with zero attached hydrogens (tertiary/aromatic N) is 1. The zero-order chi connectivity index (χ0) is 19.5. The first-order chi connectivity index (χ1) is 13.6. The zero-order valence-electron chi connectivity index (χ0n) is 16.6. The van der Waals surface area contributed by atoms with Crippen molar-refractivity contribution in [2.45, 2.75) is 32.9 Å². The molecule has 0 fully saturated rings. The molecule has 2 aliphatic heterocycles. The Labute approximate surface area is 166 Å². The van der Waals surface area contributed by atoms with E-state index in [1.165, 1.54) is 11.1 Å². The lowest BCUT2D eigenvalue weighted by Crippen LogP contribution is -2.42. The van der Waals surface area contributed by atoms with Crippen LogP contribution in [0.1, 0.15) is 23.6 Å². The molecule has 2 heterocycles. The Morgan fingerprint density at radius 2 is 2.04 bits per heavy atom. The van der Waals surface area contributed by atoms with Crippen LogP contribution in [0.25, 0.3) is 0 Å². The van der Waals surface area contributed by atoms with Gasteiger partial charge in [-0.25, -0.2) is 0 Å². The Hall–Kier alpha value is -2.53. The molecule has 0 aliphatic carbocycles. The molecule has 5 heteroatoms. The monoisotopic (exact) mass is 380 g/mol. The van der Waals surface area contributed by atoms with Crippen LogP contribution in [0.3, 0.4) is 0 Å². The van der Waals surface area contributed by atoms with E-state index in [2.05, 4.69) is 42.3 Å². The van der Waals surface area contributed by atoms with Crippen molar-refractivity contribution in [2.24, 2.45) is 5.92 Å². The smallest absolute Gasteiger partial charge is 0.226 e. The van der Waals surface area contributed by atoms with Gasteiger partial charge < -0.3 is 14.8 Å². The van der Waals surface area contributed by atoms with Gasteiger partial charge in [0, 0.05) is 31.7 Å². The Morgan fingerprint density at radius 1 is 1.18 bits per heavy atom. The predicted molar refractivity (Wildman–Crippen MR) is 109 cm³/mol. The fraction of sp³-hybridized carbons (Fsp3) is 0.435. The number of ether oxygens (including phenoxy) is 2. The number of aryl methyl sites for hydroxylation is 1. The Bertz CT molecular complexity index is 851. The van der Waals surface area contributed by atoms with Crippen LogP contribution in [-0.4, -0.2) is 43.2 Å². The molecule has 1 N–H and O–H groups in total. The normalized spacial score (nSPS) is 21.5. The summed E-state index contributed by atoms with van der Waals surface area (Å²) >= 11 is 0. The second-order valence-electron chi connectivity index (χ2n) is 7.89. The molecular weight excluding hydrogens is 352 g/mol. The van der Waals surface area contributed by atoms with Gasteiger partial charge in [0.15, 0.2) is 0 Å². The van der Waals surface area contributed by atoms with Gasteiger partial charge in [0.2, 0.25) is 5.91 Å². The molecule has 0 spiro atoms. The van der Waals surface area contributed by atoms with Crippen molar-refractivity contribution in [1.82, 2.24) is 10.2 Å². The number of rotatable bonds is 4. The van der Waals surface area contributed by atoms with E-state index >= 15 is 0 Å². The fourth-order valence-electron chi connectivity index (χ4n) is 4.02. The molecule has 1 amide bonds. The highest BCUT2D eigenvalue weighted by atomic mass is 16.5. The predicted octanol–water partition coefficient (Wildman–Crippen LogP) is 2.95. The molecule has 0 saturated carbocycles. The van der Waals surface area contributed by atoms with Crippen molar-refractivity contribution in [3.63, 3.8) is 0 Å². The lowest BCUT2D eigenvalue weighted by Gasteiger charge is -2.25. The van der Waals surface area contributed by atoms with Crippen molar-refractivity contribution >= 4 is 5.91 Å². The minimum Gasteiger partial charge on any atom is -0.492 e. The van der Waals surface area contributed by atoms with E-state index in [0.29, 0.717) is 13.2 Å². The third-order valence-corrected chi connectivity index (χ3v) is 5.43. The lowest BCUT2D eigenvalue weighted by atomic mass is 9.96. The number of nitrogens with one attached hydrogen (secondary N) is 1. The maximum Gasteiger partial charge on any atom is 0.226 e. The van der Waals surface area contributed by atoms with Crippen LogP contribution in [0.15, 0.2) is 42.5 Å². The quantitative estimate of drug-likeness (QED) is 0.886. The van der Waals surface area contributed by atoms with Crippen LogP contribution in [0.4, 0.5) is 0 Å². The fourth-order valence-corrected chi connectivity index (χ4v) is 4.02. The number of carbonyl (C=O) groups excluding carboxylic acids is 1. The van der Waals surface area contributed by atoms with Crippen LogP contribution < -0.4 is 14.8 Å². The first kappa shape index (κ1) is 18.8. The molecular formula is C23H28N2O3. The largest absolute Gasteiger partial charge is 0.492 e. The van der Waals surface area contributed by atoms with Crippen molar-refractivity contribution in [2.75, 3.05) is 26.2 Å². The number of amides is 1. The van der Waals surface area contributed by atoms with E-state index in [1.54, 1.807) is 0 Å². The van der Waals surface area contributed by atoms with E-state index in [-0.39, 0.29) is 17.9 Å². The molecule has 2 aliphatic rings. The van der Waals surface area contributed by atoms with Gasteiger partial charge in [-0.3, -0.25) is 9.69 Å². The van der Waals surface area contributed by atoms with Gasteiger partial charge in [-0.1, -0.05) is 35.9 Å². The third kappa shape index (κ3) is 4.30. The summed E-state index contributed by atoms with van der Waals surface area (Å²) in [6.45, 7) is 7.77. The first-order valence-corrected chi connectivity index (χ1v) is 10.1. The van der Waals surface area contributed by atoms with Gasteiger partial charge in [-0.15, -0.1) is 0 Å². The summed E-state index contributed by atoms with van der Waals surface area (Å²) in [7, 11) is 0. The summed E-state index contributed by atoms with van der Waals surface area (Å²) in [5.41, 5.74) is 3.56. The molecule has 5 nitrogen and oxygen atoms in total. The Kier molecular flexibility index (Phi) is 5.53. The highest BCUT2D eigenvalue weighted by Crippen LogP contribution is 2.27. The molecule has 0 aromatic heterocycles. The molecule has 2 atom stereocenters. The van der Waals surface area contributed by atoms with E-state index in [0.717, 1.165) is 43.1 Å². The highest BCUT2D eigenvalue weighted by Gasteiger charge is 2.26. The van der Waals surface area contributed by atoms with Crippen LogP contribution in [0.2, 0.25) is 0 Å². The summed E-state index contributed by atoms with van der Waals surface area (Å²) in [6, 6.07) is 14.3. The van der Waals surface area contributed by atoms with E-state index in [9.17, 15) is 4.79 Å². The van der Waals surface area contributed by atoms with E-state index in [4.69, 9.17) is 9.47 Å². The molecule has 0 saturated heterocycles. The summed E-state index contributed by atoms with van der Waals surface area (Å²) in [5, 5.41) is 3.10. The molecule has 28 heavy (non-hydrogen) atoms. The van der Waals surface area contributed by atoms with Gasteiger partial charge in [0.25, 0.3) is 0 Å². The van der Waals surface area contributed by atoms with Crippen LogP contribution >= 0.6 is 0 Å². The summed E-state index contributed by atoms with van der Waals surface area (Å²) in [6.07, 6.45) is 0.867. The topological polar surface area (TPSA) is 50.8 Å². The van der Waals surface area contributed by atoms with Crippen molar-refractivity contribution in [3.05, 3.63) is 59.2 Å². The van der Waals surface area contributed by atoms with Crippen LogP contribution in [-0.2, 0) is 17.8 Å². The van der Waals surface area contributed by atoms with Crippen LogP contribution in [0.5, 0.6) is 11.5 Å². The van der Waals surface area contributed by atoms with Crippen molar-refractivity contribution in [1.29, 1.82) is 0 Å². The number of benzene rings is 2. The first-order valence-electron chi connectivity index (χ1n) is 10.1. The number of carbonyl (C=O) groups is 1.